The molecule has 1 unspecified atom stereocenters. The monoisotopic (exact) mass is 952 g/mol. The molecule has 0 amide bonds. The molecule has 11 aromatic carbocycles. The van der Waals surface area contributed by atoms with Gasteiger partial charge in [0.05, 0.1) is 0 Å². The molecule has 71 heavy (non-hydrogen) atoms. The molecule has 0 nitrogen and oxygen atoms in total. The first kappa shape index (κ1) is 45.3. The van der Waals surface area contributed by atoms with Crippen molar-refractivity contribution in [3.63, 3.8) is 0 Å². The van der Waals surface area contributed by atoms with Crippen molar-refractivity contribution in [2.24, 2.45) is 0 Å². The molecule has 0 fully saturated rings. The Morgan fingerprint density at radius 1 is 0.254 bits per heavy atom. The van der Waals surface area contributed by atoms with Gasteiger partial charge in [-0.1, -0.05) is 231 Å². The van der Waals surface area contributed by atoms with Gasteiger partial charge in [0, 0.05) is 31.6 Å². The highest BCUT2D eigenvalue weighted by Gasteiger charge is 2.41. The Hall–Kier alpha value is -8.15. The first-order chi connectivity index (χ1) is 35.0. The van der Waals surface area contributed by atoms with Gasteiger partial charge in [0.2, 0.25) is 0 Å². The Kier molecular flexibility index (Phi) is 12.8. The van der Waals surface area contributed by atoms with Crippen LogP contribution in [0.1, 0.15) is 22.6 Å². The summed E-state index contributed by atoms with van der Waals surface area (Å²) in [6, 6.07) is 104. The van der Waals surface area contributed by atoms with Crippen LogP contribution in [-0.4, -0.2) is 8.07 Å². The lowest BCUT2D eigenvalue weighted by Gasteiger charge is -2.42. The van der Waals surface area contributed by atoms with Crippen LogP contribution in [0.5, 0.6) is 0 Å². The van der Waals surface area contributed by atoms with E-state index in [1.807, 2.05) is 0 Å². The predicted octanol–water partition coefficient (Wildman–Crippen LogP) is 15.2. The van der Waals surface area contributed by atoms with Gasteiger partial charge in [0.25, 0.3) is 0 Å². The lowest BCUT2D eigenvalue weighted by molar-refractivity contribution is 0.579. The molecule has 0 aliphatic rings. The van der Waals surface area contributed by atoms with Crippen molar-refractivity contribution < 1.29 is 8.78 Å². The van der Waals surface area contributed by atoms with Crippen LogP contribution < -0.4 is 20.7 Å². The second-order valence-electron chi connectivity index (χ2n) is 17.9. The first-order valence-corrected chi connectivity index (χ1v) is 27.7. The molecule has 11 aromatic rings. The molecule has 0 bridgehead atoms. The minimum atomic E-state index is -2.67. The Morgan fingerprint density at radius 2 is 0.521 bits per heavy atom. The van der Waals surface area contributed by atoms with Crippen LogP contribution in [0.4, 0.5) is 8.78 Å². The number of halogens is 2. The molecule has 0 spiro atoms. The van der Waals surface area contributed by atoms with E-state index in [1.165, 1.54) is 52.5 Å². The van der Waals surface area contributed by atoms with Crippen molar-refractivity contribution in [1.29, 1.82) is 0 Å². The van der Waals surface area contributed by atoms with Gasteiger partial charge in [-0.25, -0.2) is 8.78 Å². The van der Waals surface area contributed by atoms with Crippen LogP contribution in [0, 0.1) is 11.6 Å². The average Bonchev–Trinajstić information content (AvgIpc) is 3.44. The fraction of sp³-hybridized carbons (Fsp3) is 0.0149. The van der Waals surface area contributed by atoms with Crippen molar-refractivity contribution >= 4 is 38.8 Å². The van der Waals surface area contributed by atoms with Crippen LogP contribution in [0.2, 0.25) is 0 Å². The van der Waals surface area contributed by atoms with E-state index in [0.717, 1.165) is 39.4 Å². The zero-order valence-corrected chi connectivity index (χ0v) is 40.8. The second kappa shape index (κ2) is 20.1. The molecule has 0 heterocycles. The molecule has 0 saturated heterocycles. The predicted molar refractivity (Wildman–Crippen MR) is 295 cm³/mol. The lowest BCUT2D eigenvalue weighted by atomic mass is 9.84. The molecule has 11 rings (SSSR count). The van der Waals surface area contributed by atoms with E-state index in [9.17, 15) is 0 Å². The van der Waals surface area contributed by atoms with Crippen LogP contribution in [-0.2, 0) is 0 Å². The molecule has 0 aliphatic carbocycles. The Balaban J connectivity index is 0.927. The third-order valence-corrected chi connectivity index (χ3v) is 22.5. The molecule has 0 aliphatic heterocycles. The fourth-order valence-electron chi connectivity index (χ4n) is 10.6. The van der Waals surface area contributed by atoms with E-state index in [4.69, 9.17) is 0 Å². The van der Waals surface area contributed by atoms with Gasteiger partial charge in [-0.05, 0) is 120 Å². The highest BCUT2D eigenvalue weighted by atomic mass is 32.3. The normalized spacial score (nSPS) is 12.3. The topological polar surface area (TPSA) is 0 Å². The van der Waals surface area contributed by atoms with E-state index in [1.54, 1.807) is 0 Å². The van der Waals surface area contributed by atoms with Crippen molar-refractivity contribution in [2.75, 3.05) is 0 Å². The third kappa shape index (κ3) is 8.67. The van der Waals surface area contributed by atoms with Crippen molar-refractivity contribution in [3.05, 3.63) is 326 Å². The maximum Gasteiger partial charge on any atom is 0.179 e. The van der Waals surface area contributed by atoms with Crippen molar-refractivity contribution in [1.82, 2.24) is 0 Å². The maximum absolute atomic E-state index is 15.0. The Bertz CT molecular complexity index is 3060. The SMILES string of the molecule is Fc1cc(F)cc(C(c2ccc(-c3ccc([Si](c4ccccc4)(c4ccccc4)c4ccccc4)cc3)cc2)c2ccc(-c3ccc(S(c4ccccc4)(c4ccccc4)c4ccccc4)cc3)cc2)c1. The van der Waals surface area contributed by atoms with Gasteiger partial charge in [0.15, 0.2) is 8.07 Å². The quantitative estimate of drug-likeness (QED) is 0.0798. The smallest absolute Gasteiger partial charge is 0.179 e. The molecule has 0 aromatic heterocycles. The highest BCUT2D eigenvalue weighted by Crippen LogP contribution is 2.73. The molecule has 1 atom stereocenters. The fourth-order valence-corrected chi connectivity index (χ4v) is 19.2. The minimum absolute atomic E-state index is 0.408. The van der Waals surface area contributed by atoms with Gasteiger partial charge in [-0.15, -0.1) is 10.0 Å². The summed E-state index contributed by atoms with van der Waals surface area (Å²) in [5.74, 6) is -1.60. The van der Waals surface area contributed by atoms with Gasteiger partial charge in [-0.3, -0.25) is 0 Å². The molecule has 342 valence electrons. The number of hydrogen-bond donors (Lipinski definition) is 0. The summed E-state index contributed by atoms with van der Waals surface area (Å²) in [7, 11) is -4.48. The van der Waals surface area contributed by atoms with Crippen LogP contribution in [0.25, 0.3) is 22.3 Å². The van der Waals surface area contributed by atoms with Gasteiger partial charge in [0.1, 0.15) is 11.6 Å². The molecular weight excluding hydrogens is 903 g/mol. The van der Waals surface area contributed by atoms with Crippen molar-refractivity contribution in [3.8, 4) is 22.3 Å². The summed E-state index contributed by atoms with van der Waals surface area (Å²) in [4.78, 5) is 5.06. The zero-order chi connectivity index (χ0) is 48.0. The largest absolute Gasteiger partial charge is 0.207 e. The van der Waals surface area contributed by atoms with E-state index >= 15 is 8.78 Å². The van der Waals surface area contributed by atoms with E-state index in [-0.39, 0.29) is 0 Å². The molecule has 0 saturated carbocycles. The first-order valence-electron chi connectivity index (χ1n) is 24.0. The highest BCUT2D eigenvalue weighted by molar-refractivity contribution is 8.34. The van der Waals surface area contributed by atoms with E-state index < -0.39 is 35.7 Å². The van der Waals surface area contributed by atoms with Crippen LogP contribution in [0.15, 0.2) is 317 Å². The van der Waals surface area contributed by atoms with Crippen molar-refractivity contribution in [2.45, 2.75) is 25.5 Å². The summed E-state index contributed by atoms with van der Waals surface area (Å²) >= 11 is 0. The molecule has 0 radical (unpaired) electrons. The summed E-state index contributed by atoms with van der Waals surface area (Å²) in [6.45, 7) is 0. The Morgan fingerprint density at radius 3 is 0.859 bits per heavy atom. The number of hydrogen-bond acceptors (Lipinski definition) is 0. The second-order valence-corrected chi connectivity index (χ2v) is 24.8. The maximum atomic E-state index is 15.0. The third-order valence-electron chi connectivity index (χ3n) is 13.8. The summed E-state index contributed by atoms with van der Waals surface area (Å²) in [6.07, 6.45) is 0. The minimum Gasteiger partial charge on any atom is -0.207 e. The molecule has 4 heteroatoms. The Labute approximate surface area is 418 Å². The summed E-state index contributed by atoms with van der Waals surface area (Å²) in [5, 5.41) is 5.28. The molecule has 0 N–H and O–H groups in total. The lowest BCUT2D eigenvalue weighted by Crippen LogP contribution is -2.74. The van der Waals surface area contributed by atoms with Gasteiger partial charge in [-0.2, -0.15) is 0 Å². The van der Waals surface area contributed by atoms with E-state index in [2.05, 4.69) is 279 Å². The average molecular weight is 953 g/mol. The summed E-state index contributed by atoms with van der Waals surface area (Å²) in [5.41, 5.74) is 6.74. The van der Waals surface area contributed by atoms with Crippen LogP contribution >= 0.6 is 10.0 Å². The van der Waals surface area contributed by atoms with Crippen LogP contribution in [0.3, 0.4) is 0 Å². The van der Waals surface area contributed by atoms with Gasteiger partial charge < -0.3 is 0 Å². The standard InChI is InChI=1S/C67H50F2SSi/c68-57-47-56(48-58(69)49-57)67(54-35-31-50(32-36-54)52-39-43-62(44-40-52)70(59-19-7-1-8-20-59,60-21-9-2-10-22-60)61-23-11-3-12-24-61)55-37-33-51(34-38-55)53-41-45-66(46-42-53)71(63-25-13-4-14-26-63,64-27-15-5-16-28-64)65-29-17-6-18-30-65/h1-49,67H. The summed E-state index contributed by atoms with van der Waals surface area (Å²) < 4.78 is 30.1. The van der Waals surface area contributed by atoms with Gasteiger partial charge >= 0.3 is 0 Å². The number of rotatable bonds is 13. The van der Waals surface area contributed by atoms with E-state index in [0.29, 0.717) is 5.56 Å². The molecular formula is C67H50F2SSi. The zero-order valence-electron chi connectivity index (χ0n) is 39.0. The number of benzene rings is 11.